The van der Waals surface area contributed by atoms with E-state index >= 15 is 0 Å². The van der Waals surface area contributed by atoms with Gasteiger partial charge in [0.15, 0.2) is 0 Å². The number of hydrogen-bond acceptors (Lipinski definition) is 4. The molecule has 2 heterocycles. The molecule has 1 N–H and O–H groups in total. The Hall–Kier alpha value is -1.34. The molecule has 0 atom stereocenters. The van der Waals surface area contributed by atoms with Crippen molar-refractivity contribution in [3.05, 3.63) is 28.9 Å². The topological polar surface area (TPSA) is 64.0 Å². The Morgan fingerprint density at radius 3 is 2.67 bits per heavy atom. The molecule has 0 amide bonds. The molecule has 0 aliphatic rings. The highest BCUT2D eigenvalue weighted by Crippen LogP contribution is 2.25. The number of rotatable bonds is 4. The van der Waals surface area contributed by atoms with Crippen molar-refractivity contribution < 1.29 is 8.42 Å². The van der Waals surface area contributed by atoms with Crippen LogP contribution in [0.15, 0.2) is 21.7 Å². The Balaban J connectivity index is 2.38. The number of aryl methyl sites for hydroxylation is 2. The van der Waals surface area contributed by atoms with E-state index in [-0.39, 0.29) is 0 Å². The lowest BCUT2D eigenvalue weighted by atomic mass is 10.3. The van der Waals surface area contributed by atoms with Crippen LogP contribution in [-0.4, -0.2) is 18.2 Å². The Labute approximate surface area is 111 Å². The molecule has 2 aromatic rings. The molecule has 0 bridgehead atoms. The Kier molecular flexibility index (Phi) is 3.45. The largest absolute Gasteiger partial charge is 0.275 e. The SMILES string of the molecule is CCn1nc(C)c(NS(=O)(=O)c2cccs2)c1C. The lowest BCUT2D eigenvalue weighted by Gasteiger charge is -2.06. The quantitative estimate of drug-likeness (QED) is 0.938. The highest BCUT2D eigenvalue weighted by Gasteiger charge is 2.20. The van der Waals surface area contributed by atoms with E-state index in [4.69, 9.17) is 0 Å². The second kappa shape index (κ2) is 4.74. The summed E-state index contributed by atoms with van der Waals surface area (Å²) in [5.41, 5.74) is 2.09. The first-order valence-corrected chi connectivity index (χ1v) is 7.92. The smallest absolute Gasteiger partial charge is 0.271 e. The molecule has 0 radical (unpaired) electrons. The van der Waals surface area contributed by atoms with E-state index in [1.54, 1.807) is 29.1 Å². The zero-order valence-corrected chi connectivity index (χ0v) is 12.1. The van der Waals surface area contributed by atoms with Crippen molar-refractivity contribution in [2.45, 2.75) is 31.5 Å². The molecule has 0 aliphatic carbocycles. The number of hydrogen-bond donors (Lipinski definition) is 1. The second-order valence-corrected chi connectivity index (χ2v) is 6.76. The fourth-order valence-electron chi connectivity index (χ4n) is 1.75. The fourth-order valence-corrected chi connectivity index (χ4v) is 3.92. The van der Waals surface area contributed by atoms with Crippen LogP contribution in [0.3, 0.4) is 0 Å². The Morgan fingerprint density at radius 2 is 2.17 bits per heavy atom. The minimum absolute atomic E-state index is 0.311. The van der Waals surface area contributed by atoms with Crippen LogP contribution in [0.25, 0.3) is 0 Å². The molecule has 0 unspecified atom stereocenters. The predicted octanol–water partition coefficient (Wildman–Crippen LogP) is 2.38. The maximum atomic E-state index is 12.1. The van der Waals surface area contributed by atoms with Gasteiger partial charge in [-0.3, -0.25) is 9.40 Å². The number of thiophene rings is 1. The summed E-state index contributed by atoms with van der Waals surface area (Å²) in [7, 11) is -3.49. The Bertz CT molecular complexity index is 642. The van der Waals surface area contributed by atoms with Gasteiger partial charge in [-0.15, -0.1) is 11.3 Å². The monoisotopic (exact) mass is 285 g/mol. The fraction of sp³-hybridized carbons (Fsp3) is 0.364. The van der Waals surface area contributed by atoms with Crippen LogP contribution < -0.4 is 4.72 Å². The molecule has 5 nitrogen and oxygen atoms in total. The maximum Gasteiger partial charge on any atom is 0.271 e. The van der Waals surface area contributed by atoms with Crippen LogP contribution in [-0.2, 0) is 16.6 Å². The Morgan fingerprint density at radius 1 is 1.44 bits per heavy atom. The van der Waals surface area contributed by atoms with Crippen molar-refractivity contribution in [2.75, 3.05) is 4.72 Å². The van der Waals surface area contributed by atoms with Crippen LogP contribution in [0.1, 0.15) is 18.3 Å². The van der Waals surface area contributed by atoms with Crippen LogP contribution in [0, 0.1) is 13.8 Å². The zero-order chi connectivity index (χ0) is 13.3. The molecule has 2 rings (SSSR count). The predicted molar refractivity (Wildman–Crippen MR) is 72.5 cm³/mol. The van der Waals surface area contributed by atoms with Gasteiger partial charge in [0.25, 0.3) is 10.0 Å². The summed E-state index contributed by atoms with van der Waals surface area (Å²) in [6.07, 6.45) is 0. The van der Waals surface area contributed by atoms with Gasteiger partial charge >= 0.3 is 0 Å². The van der Waals surface area contributed by atoms with Crippen molar-refractivity contribution >= 4 is 27.0 Å². The number of sulfonamides is 1. The van der Waals surface area contributed by atoms with Crippen molar-refractivity contribution in [1.29, 1.82) is 0 Å². The second-order valence-electron chi connectivity index (χ2n) is 3.90. The third kappa shape index (κ3) is 2.28. The van der Waals surface area contributed by atoms with Gasteiger partial charge < -0.3 is 0 Å². The highest BCUT2D eigenvalue weighted by atomic mass is 32.2. The molecule has 7 heteroatoms. The van der Waals surface area contributed by atoms with Gasteiger partial charge in [-0.2, -0.15) is 5.10 Å². The average Bonchev–Trinajstić information content (AvgIpc) is 2.93. The summed E-state index contributed by atoms with van der Waals surface area (Å²) in [5, 5.41) is 6.03. The molecule has 0 fully saturated rings. The van der Waals surface area contributed by atoms with Crippen LogP contribution >= 0.6 is 11.3 Å². The molecule has 0 aliphatic heterocycles. The minimum Gasteiger partial charge on any atom is -0.275 e. The molecule has 0 aromatic carbocycles. The molecular weight excluding hydrogens is 270 g/mol. The highest BCUT2D eigenvalue weighted by molar-refractivity contribution is 7.94. The van der Waals surface area contributed by atoms with E-state index in [1.807, 2.05) is 13.8 Å². The van der Waals surface area contributed by atoms with Gasteiger partial charge in [0.1, 0.15) is 4.21 Å². The van der Waals surface area contributed by atoms with E-state index in [0.29, 0.717) is 22.1 Å². The van der Waals surface area contributed by atoms with Crippen molar-refractivity contribution in [3.63, 3.8) is 0 Å². The van der Waals surface area contributed by atoms with E-state index in [1.165, 1.54) is 11.3 Å². The van der Waals surface area contributed by atoms with Gasteiger partial charge in [0.2, 0.25) is 0 Å². The lowest BCUT2D eigenvalue weighted by molar-refractivity contribution is 0.603. The molecule has 98 valence electrons. The lowest BCUT2D eigenvalue weighted by Crippen LogP contribution is -2.12. The molecular formula is C11H15N3O2S2. The summed E-state index contributed by atoms with van der Waals surface area (Å²) in [5.74, 6) is 0. The molecule has 18 heavy (non-hydrogen) atoms. The summed E-state index contributed by atoms with van der Waals surface area (Å²) in [6.45, 7) is 6.34. The number of aromatic nitrogens is 2. The molecule has 0 spiro atoms. The molecule has 0 saturated heterocycles. The maximum absolute atomic E-state index is 12.1. The van der Waals surface area contributed by atoms with Crippen LogP contribution in [0.4, 0.5) is 5.69 Å². The summed E-state index contributed by atoms with van der Waals surface area (Å²) < 4.78 is 29.0. The van der Waals surface area contributed by atoms with Gasteiger partial charge in [0.05, 0.1) is 17.1 Å². The van der Waals surface area contributed by atoms with Crippen LogP contribution in [0.5, 0.6) is 0 Å². The van der Waals surface area contributed by atoms with Crippen LogP contribution in [0.2, 0.25) is 0 Å². The molecule has 0 saturated carbocycles. The van der Waals surface area contributed by atoms with Crippen molar-refractivity contribution in [3.8, 4) is 0 Å². The van der Waals surface area contributed by atoms with Gasteiger partial charge in [-0.1, -0.05) is 6.07 Å². The third-order valence-corrected chi connectivity index (χ3v) is 5.42. The third-order valence-electron chi connectivity index (χ3n) is 2.68. The number of anilines is 1. The first kappa shape index (κ1) is 13.1. The van der Waals surface area contributed by atoms with E-state index in [2.05, 4.69) is 9.82 Å². The van der Waals surface area contributed by atoms with Crippen molar-refractivity contribution in [2.24, 2.45) is 0 Å². The zero-order valence-electron chi connectivity index (χ0n) is 10.5. The van der Waals surface area contributed by atoms with Gasteiger partial charge in [-0.25, -0.2) is 8.42 Å². The van der Waals surface area contributed by atoms with Gasteiger partial charge in [-0.05, 0) is 32.2 Å². The van der Waals surface area contributed by atoms with Crippen molar-refractivity contribution in [1.82, 2.24) is 9.78 Å². The normalized spacial score (nSPS) is 11.7. The first-order chi connectivity index (χ1) is 8.45. The minimum atomic E-state index is -3.49. The van der Waals surface area contributed by atoms with E-state index in [0.717, 1.165) is 5.69 Å². The summed E-state index contributed by atoms with van der Waals surface area (Å²) >= 11 is 1.20. The number of nitrogens with one attached hydrogen (secondary N) is 1. The van der Waals surface area contributed by atoms with E-state index < -0.39 is 10.0 Å². The standard InChI is InChI=1S/C11H15N3O2S2/c1-4-14-9(3)11(8(2)12-14)13-18(15,16)10-6-5-7-17-10/h5-7,13H,4H2,1-3H3. The summed E-state index contributed by atoms with van der Waals surface area (Å²) in [4.78, 5) is 0. The summed E-state index contributed by atoms with van der Waals surface area (Å²) in [6, 6.07) is 3.30. The average molecular weight is 285 g/mol. The van der Waals surface area contributed by atoms with E-state index in [9.17, 15) is 8.42 Å². The molecule has 2 aromatic heterocycles. The number of nitrogens with zero attached hydrogens (tertiary/aromatic N) is 2. The van der Waals surface area contributed by atoms with Gasteiger partial charge in [0, 0.05) is 6.54 Å². The first-order valence-electron chi connectivity index (χ1n) is 5.56.